The van der Waals surface area contributed by atoms with Gasteiger partial charge in [0.05, 0.1) is 13.2 Å². The van der Waals surface area contributed by atoms with Gasteiger partial charge in [-0.15, -0.1) is 12.4 Å². The molecule has 3 rings (SSSR count). The Morgan fingerprint density at radius 3 is 2.19 bits per heavy atom. The molecule has 1 aliphatic carbocycles. The molecule has 0 heterocycles. The maximum Gasteiger partial charge on any atom is 0.131 e. The Morgan fingerprint density at radius 1 is 1.04 bits per heavy atom. The number of hydrogen-bond acceptors (Lipinski definition) is 2. The molecule has 0 bridgehead atoms. The van der Waals surface area contributed by atoms with E-state index in [9.17, 15) is 8.78 Å². The number of halogens is 3. The van der Waals surface area contributed by atoms with E-state index in [1.54, 1.807) is 0 Å². The van der Waals surface area contributed by atoms with E-state index in [0.29, 0.717) is 12.6 Å². The van der Waals surface area contributed by atoms with Crippen LogP contribution in [0.4, 0.5) is 8.78 Å². The van der Waals surface area contributed by atoms with E-state index in [1.807, 2.05) is 0 Å². The van der Waals surface area contributed by atoms with Gasteiger partial charge in [0.25, 0.3) is 0 Å². The van der Waals surface area contributed by atoms with Crippen LogP contribution in [-0.2, 0) is 11.3 Å². The van der Waals surface area contributed by atoms with E-state index < -0.39 is 11.6 Å². The monoisotopic (exact) mass is 395 g/mol. The van der Waals surface area contributed by atoms with Crippen LogP contribution in [0.2, 0.25) is 0 Å². The van der Waals surface area contributed by atoms with Gasteiger partial charge in [-0.05, 0) is 55.5 Å². The zero-order valence-corrected chi connectivity index (χ0v) is 16.8. The summed E-state index contributed by atoms with van der Waals surface area (Å²) < 4.78 is 33.4. The van der Waals surface area contributed by atoms with Crippen LogP contribution in [0, 0.1) is 25.5 Å². The molecule has 1 saturated carbocycles. The molecule has 2 nitrogen and oxygen atoms in total. The van der Waals surface area contributed by atoms with Gasteiger partial charge in [-0.25, -0.2) is 8.78 Å². The van der Waals surface area contributed by atoms with Crippen molar-refractivity contribution in [2.75, 3.05) is 13.2 Å². The van der Waals surface area contributed by atoms with Gasteiger partial charge in [0.1, 0.15) is 11.6 Å². The molecule has 5 heteroatoms. The quantitative estimate of drug-likeness (QED) is 0.642. The molecule has 2 aromatic rings. The summed E-state index contributed by atoms with van der Waals surface area (Å²) in [6, 6.07) is 10.8. The third-order valence-corrected chi connectivity index (χ3v) is 5.34. The number of aryl methyl sites for hydroxylation is 2. The molecular formula is C22H28ClF2NO. The first kappa shape index (κ1) is 21.8. The number of nitrogens with one attached hydrogen (secondary N) is 1. The first-order valence-electron chi connectivity index (χ1n) is 9.36. The Hall–Kier alpha value is -1.49. The lowest BCUT2D eigenvalue weighted by Gasteiger charge is -2.30. The summed E-state index contributed by atoms with van der Waals surface area (Å²) >= 11 is 0. The zero-order chi connectivity index (χ0) is 18.5. The minimum absolute atomic E-state index is 0. The lowest BCUT2D eigenvalue weighted by molar-refractivity contribution is 0.0997. The van der Waals surface area contributed by atoms with E-state index in [-0.39, 0.29) is 30.5 Å². The van der Waals surface area contributed by atoms with Crippen LogP contribution in [0.15, 0.2) is 36.4 Å². The molecule has 1 N–H and O–H groups in total. The Bertz CT molecular complexity index is 709. The van der Waals surface area contributed by atoms with E-state index in [4.69, 9.17) is 4.74 Å². The van der Waals surface area contributed by atoms with Crippen molar-refractivity contribution >= 4 is 12.4 Å². The summed E-state index contributed by atoms with van der Waals surface area (Å²) in [6.45, 7) is 5.41. The second kappa shape index (κ2) is 10.2. The summed E-state index contributed by atoms with van der Waals surface area (Å²) in [5, 5.41) is 3.62. The second-order valence-corrected chi connectivity index (χ2v) is 7.25. The molecule has 148 valence electrons. The fourth-order valence-electron chi connectivity index (χ4n) is 3.61. The minimum atomic E-state index is -0.554. The van der Waals surface area contributed by atoms with Gasteiger partial charge >= 0.3 is 0 Å². The molecule has 2 aromatic carbocycles. The standard InChI is InChI=1S/C22H27F2NO.ClH/c1-15-6-3-7-16(2)22(15)17(12-25-18-8-4-9-18)13-26-14-19-20(23)10-5-11-21(19)24;/h3,5-7,10-11,17-18,25H,4,8-9,12-14H2,1-2H3;1H. The van der Waals surface area contributed by atoms with Gasteiger partial charge in [-0.2, -0.15) is 0 Å². The van der Waals surface area contributed by atoms with Crippen molar-refractivity contribution in [3.05, 3.63) is 70.3 Å². The smallest absolute Gasteiger partial charge is 0.131 e. The third kappa shape index (κ3) is 5.50. The number of benzene rings is 2. The molecule has 1 unspecified atom stereocenters. The first-order valence-corrected chi connectivity index (χ1v) is 9.36. The van der Waals surface area contributed by atoms with Crippen LogP contribution >= 0.6 is 12.4 Å². The fraction of sp³-hybridized carbons (Fsp3) is 0.455. The Labute approximate surface area is 166 Å². The predicted molar refractivity (Wildman–Crippen MR) is 108 cm³/mol. The lowest BCUT2D eigenvalue weighted by atomic mass is 9.89. The van der Waals surface area contributed by atoms with Crippen LogP contribution in [0.25, 0.3) is 0 Å². The predicted octanol–water partition coefficient (Wildman–Crippen LogP) is 5.45. The molecule has 0 spiro atoms. The molecular weight excluding hydrogens is 368 g/mol. The summed E-state index contributed by atoms with van der Waals surface area (Å²) in [6.07, 6.45) is 3.73. The van der Waals surface area contributed by atoms with E-state index in [1.165, 1.54) is 54.2 Å². The highest BCUT2D eigenvalue weighted by molar-refractivity contribution is 5.85. The number of ether oxygens (including phenoxy) is 1. The largest absolute Gasteiger partial charge is 0.376 e. The van der Waals surface area contributed by atoms with Crippen molar-refractivity contribution < 1.29 is 13.5 Å². The molecule has 0 aromatic heterocycles. The highest BCUT2D eigenvalue weighted by Crippen LogP contribution is 2.26. The molecule has 0 radical (unpaired) electrons. The van der Waals surface area contributed by atoms with Gasteiger partial charge in [0, 0.05) is 24.1 Å². The summed E-state index contributed by atoms with van der Waals surface area (Å²) in [4.78, 5) is 0. The summed E-state index contributed by atoms with van der Waals surface area (Å²) in [7, 11) is 0. The van der Waals surface area contributed by atoms with Gasteiger partial charge in [-0.1, -0.05) is 30.7 Å². The van der Waals surface area contributed by atoms with Crippen molar-refractivity contribution in [3.8, 4) is 0 Å². The Balaban J connectivity index is 0.00000261. The summed E-state index contributed by atoms with van der Waals surface area (Å²) in [5.41, 5.74) is 3.73. The van der Waals surface area contributed by atoms with E-state index in [2.05, 4.69) is 37.4 Å². The average molecular weight is 396 g/mol. The van der Waals surface area contributed by atoms with Crippen LogP contribution in [0.1, 0.15) is 47.4 Å². The third-order valence-electron chi connectivity index (χ3n) is 5.34. The van der Waals surface area contributed by atoms with Crippen molar-refractivity contribution in [2.45, 2.75) is 51.7 Å². The maximum atomic E-state index is 13.8. The fourth-order valence-corrected chi connectivity index (χ4v) is 3.61. The Kier molecular flexibility index (Phi) is 8.21. The van der Waals surface area contributed by atoms with Crippen LogP contribution in [0.3, 0.4) is 0 Å². The van der Waals surface area contributed by atoms with Crippen molar-refractivity contribution in [3.63, 3.8) is 0 Å². The number of hydrogen-bond donors (Lipinski definition) is 1. The van der Waals surface area contributed by atoms with Crippen molar-refractivity contribution in [1.29, 1.82) is 0 Å². The summed E-state index contributed by atoms with van der Waals surface area (Å²) in [5.74, 6) is -0.950. The topological polar surface area (TPSA) is 21.3 Å². The van der Waals surface area contributed by atoms with Gasteiger partial charge in [0.2, 0.25) is 0 Å². The highest BCUT2D eigenvalue weighted by Gasteiger charge is 2.22. The average Bonchev–Trinajstić information content (AvgIpc) is 2.55. The first-order chi connectivity index (χ1) is 12.6. The van der Waals surface area contributed by atoms with E-state index in [0.717, 1.165) is 6.54 Å². The lowest BCUT2D eigenvalue weighted by Crippen LogP contribution is -2.38. The van der Waals surface area contributed by atoms with E-state index >= 15 is 0 Å². The zero-order valence-electron chi connectivity index (χ0n) is 15.9. The van der Waals surface area contributed by atoms with Gasteiger partial charge in [0.15, 0.2) is 0 Å². The maximum absolute atomic E-state index is 13.8. The molecule has 0 amide bonds. The van der Waals surface area contributed by atoms with Crippen molar-refractivity contribution in [1.82, 2.24) is 5.32 Å². The normalized spacial score (nSPS) is 15.1. The van der Waals surface area contributed by atoms with Gasteiger partial charge < -0.3 is 10.1 Å². The van der Waals surface area contributed by atoms with Crippen LogP contribution < -0.4 is 5.32 Å². The molecule has 1 aliphatic rings. The molecule has 27 heavy (non-hydrogen) atoms. The molecule has 0 saturated heterocycles. The second-order valence-electron chi connectivity index (χ2n) is 7.25. The SMILES string of the molecule is Cc1cccc(C)c1C(CNC1CCC1)COCc1c(F)cccc1F.Cl. The molecule has 1 fully saturated rings. The van der Waals surface area contributed by atoms with Gasteiger partial charge in [-0.3, -0.25) is 0 Å². The van der Waals surface area contributed by atoms with Crippen molar-refractivity contribution in [2.24, 2.45) is 0 Å². The molecule has 1 atom stereocenters. The number of rotatable bonds is 8. The minimum Gasteiger partial charge on any atom is -0.376 e. The van der Waals surface area contributed by atoms with Crippen LogP contribution in [-0.4, -0.2) is 19.2 Å². The van der Waals surface area contributed by atoms with Crippen LogP contribution in [0.5, 0.6) is 0 Å². The molecule has 0 aliphatic heterocycles. The highest BCUT2D eigenvalue weighted by atomic mass is 35.5. The Morgan fingerprint density at radius 2 is 1.63 bits per heavy atom.